The van der Waals surface area contributed by atoms with Crippen molar-refractivity contribution in [3.8, 4) is 10.6 Å². The highest BCUT2D eigenvalue weighted by molar-refractivity contribution is 7.22. The Bertz CT molecular complexity index is 2740. The highest BCUT2D eigenvalue weighted by Gasteiger charge is 2.68. The molecule has 6 atom stereocenters. The number of rotatable bonds is 7. The van der Waals surface area contributed by atoms with E-state index in [1.807, 2.05) is 80.6 Å². The number of aliphatic hydroxyl groups is 1. The molecule has 3 aromatic heterocycles. The van der Waals surface area contributed by atoms with E-state index in [-0.39, 0.29) is 24.8 Å². The predicted octanol–water partition coefficient (Wildman–Crippen LogP) is 8.53. The van der Waals surface area contributed by atoms with E-state index in [0.717, 1.165) is 37.5 Å². The summed E-state index contributed by atoms with van der Waals surface area (Å²) in [5.74, 6) is -3.77. The van der Waals surface area contributed by atoms with Gasteiger partial charge in [-0.2, -0.15) is 5.10 Å². The van der Waals surface area contributed by atoms with E-state index in [1.165, 1.54) is 9.80 Å². The first-order valence-electron chi connectivity index (χ1n) is 19.3. The van der Waals surface area contributed by atoms with E-state index in [0.29, 0.717) is 40.2 Å². The number of aryl methyl sites for hydroxylation is 2. The fraction of sp³-hybridized carbons (Fsp3) is 0.267. The number of imide groups is 2. The number of thiophene rings is 1. The fourth-order valence-corrected chi connectivity index (χ4v) is 11.3. The molecule has 10 rings (SSSR count). The minimum absolute atomic E-state index is 0.197. The number of para-hydroxylation sites is 1. The van der Waals surface area contributed by atoms with Crippen LogP contribution in [0.1, 0.15) is 42.8 Å². The maximum absolute atomic E-state index is 15.1. The lowest BCUT2D eigenvalue weighted by molar-refractivity contribution is -0.131. The van der Waals surface area contributed by atoms with Crippen LogP contribution in [0.25, 0.3) is 20.7 Å². The van der Waals surface area contributed by atoms with E-state index < -0.39 is 46.8 Å². The third-order valence-electron chi connectivity index (χ3n) is 12.8. The highest BCUT2D eigenvalue weighted by atomic mass is 35.5. The number of amides is 4. The van der Waals surface area contributed by atoms with E-state index in [2.05, 4.69) is 5.32 Å². The van der Waals surface area contributed by atoms with Gasteiger partial charge in [-0.1, -0.05) is 41.4 Å². The first-order valence-corrected chi connectivity index (χ1v) is 20.5. The van der Waals surface area contributed by atoms with Gasteiger partial charge in [-0.15, -0.1) is 11.3 Å². The summed E-state index contributed by atoms with van der Waals surface area (Å²) < 4.78 is 8.80. The maximum Gasteiger partial charge on any atom is 0.242 e. The Balaban J connectivity index is 1.01. The molecule has 3 fully saturated rings. The van der Waals surface area contributed by atoms with Gasteiger partial charge in [0.25, 0.3) is 0 Å². The number of carbonyl (C=O) groups excluding carboxylic acids is 4. The smallest absolute Gasteiger partial charge is 0.242 e. The molecule has 2 aliphatic carbocycles. The molecule has 1 saturated carbocycles. The molecule has 2 N–H and O–H groups in total. The van der Waals surface area contributed by atoms with Gasteiger partial charge in [0, 0.05) is 34.2 Å². The van der Waals surface area contributed by atoms with Crippen molar-refractivity contribution in [3.05, 3.63) is 125 Å². The normalized spacial score (nSPS) is 25.3. The van der Waals surface area contributed by atoms with Gasteiger partial charge in [0.2, 0.25) is 23.6 Å². The molecule has 5 heterocycles. The highest BCUT2D eigenvalue weighted by Crippen LogP contribution is 2.64. The Kier molecular flexibility index (Phi) is 8.42. The van der Waals surface area contributed by atoms with Crippen molar-refractivity contribution >= 4 is 79.5 Å². The molecule has 58 heavy (non-hydrogen) atoms. The van der Waals surface area contributed by atoms with Crippen molar-refractivity contribution in [1.29, 1.82) is 0 Å². The second-order valence-corrected chi connectivity index (χ2v) is 17.4. The summed E-state index contributed by atoms with van der Waals surface area (Å²) >= 11 is 7.89. The van der Waals surface area contributed by atoms with Crippen molar-refractivity contribution in [2.24, 2.45) is 36.1 Å². The number of nitrogens with zero attached hydrogens (tertiary/aromatic N) is 4. The molecule has 0 radical (unpaired) electrons. The molecule has 292 valence electrons. The third kappa shape index (κ3) is 5.31. The van der Waals surface area contributed by atoms with Crippen molar-refractivity contribution in [2.45, 2.75) is 39.2 Å². The van der Waals surface area contributed by atoms with Gasteiger partial charge in [-0.05, 0) is 110 Å². The number of nitrogens with one attached hydrogen (secondary N) is 1. The third-order valence-corrected chi connectivity index (χ3v) is 14.3. The monoisotopic (exact) mass is 811 g/mol. The number of fused-ring (bicyclic) bond motifs is 5. The van der Waals surface area contributed by atoms with E-state index in [9.17, 15) is 19.5 Å². The number of hydrogen-bond acceptors (Lipinski definition) is 9. The summed E-state index contributed by atoms with van der Waals surface area (Å²) in [6, 6.07) is 27.8. The van der Waals surface area contributed by atoms with Crippen molar-refractivity contribution in [3.63, 3.8) is 0 Å². The van der Waals surface area contributed by atoms with Crippen molar-refractivity contribution in [2.75, 3.05) is 15.1 Å². The summed E-state index contributed by atoms with van der Waals surface area (Å²) in [5.41, 5.74) is 3.32. The van der Waals surface area contributed by atoms with Crippen LogP contribution in [0.5, 0.6) is 0 Å². The summed E-state index contributed by atoms with van der Waals surface area (Å²) in [4.78, 5) is 62.2. The summed E-state index contributed by atoms with van der Waals surface area (Å²) in [6.45, 7) is 3.47. The van der Waals surface area contributed by atoms with E-state index in [1.54, 1.807) is 53.4 Å². The fourth-order valence-electron chi connectivity index (χ4n) is 10.0. The number of allylic oxidation sites excluding steroid dienone is 2. The Hall–Kier alpha value is -5.82. The molecule has 0 spiro atoms. The molecular weight excluding hydrogens is 774 g/mol. The standard InChI is InChI=1S/C45H38ClN5O6S/c1-23-31-19-24(46)9-18-36(31)58-40(23)34-21-37(49(3)48-34)51-42(54)33-20-32-29(39(45(33,2)44(51)56)35-17-14-28(22-52)57-35)15-16-30-38(32)43(55)50(41(30)53)27-12-10-26(11-13-27)47-25-7-5-4-6-8-25/h4-15,17-19,21,30,32-33,38-39,47,52H,16,20,22H2,1-3H3. The van der Waals surface area contributed by atoms with Gasteiger partial charge in [0.05, 0.1) is 39.7 Å². The first kappa shape index (κ1) is 36.5. The number of aliphatic hydroxyl groups excluding tert-OH is 1. The minimum Gasteiger partial charge on any atom is -0.463 e. The number of carbonyl (C=O) groups is 4. The quantitative estimate of drug-likeness (QED) is 0.121. The zero-order chi connectivity index (χ0) is 40.2. The summed E-state index contributed by atoms with van der Waals surface area (Å²) in [6.07, 6.45) is 2.48. The molecule has 2 aliphatic heterocycles. The first-order chi connectivity index (χ1) is 28.0. The molecular formula is C45H38ClN5O6S. The van der Waals surface area contributed by atoms with Gasteiger partial charge < -0.3 is 14.8 Å². The molecule has 0 bridgehead atoms. The number of benzene rings is 3. The SMILES string of the molecule is Cc1c(-c2cc(N3C(=O)C4CC5C(=CCC6C(=O)N(c7ccc(Nc8ccccc8)cc7)C(=O)C65)C(c5ccc(CO)o5)C4(C)C3=O)n(C)n2)sc2ccc(Cl)cc12. The summed E-state index contributed by atoms with van der Waals surface area (Å²) in [5, 5.41) is 19.8. The maximum atomic E-state index is 15.1. The van der Waals surface area contributed by atoms with E-state index >= 15 is 4.79 Å². The van der Waals surface area contributed by atoms with Crippen molar-refractivity contribution in [1.82, 2.24) is 9.78 Å². The van der Waals surface area contributed by atoms with Crippen LogP contribution in [0.15, 0.2) is 107 Å². The van der Waals surface area contributed by atoms with Crippen LogP contribution in [-0.4, -0.2) is 38.5 Å². The predicted molar refractivity (Wildman–Crippen MR) is 222 cm³/mol. The number of anilines is 4. The van der Waals surface area contributed by atoms with Crippen molar-refractivity contribution < 1.29 is 28.7 Å². The number of halogens is 1. The topological polar surface area (TPSA) is 138 Å². The molecule has 4 aliphatic rings. The average Bonchev–Trinajstić information content (AvgIpc) is 4.02. The van der Waals surface area contributed by atoms with Crippen LogP contribution in [0.2, 0.25) is 5.02 Å². The minimum atomic E-state index is -1.31. The van der Waals surface area contributed by atoms with E-state index in [4.69, 9.17) is 21.1 Å². The average molecular weight is 812 g/mol. The Morgan fingerprint density at radius 1 is 0.914 bits per heavy atom. The molecule has 6 aromatic rings. The summed E-state index contributed by atoms with van der Waals surface area (Å²) in [7, 11) is 1.72. The van der Waals surface area contributed by atoms with Crippen LogP contribution >= 0.6 is 22.9 Å². The molecule has 11 nitrogen and oxygen atoms in total. The lowest BCUT2D eigenvalue weighted by Crippen LogP contribution is -2.48. The lowest BCUT2D eigenvalue weighted by Gasteiger charge is -2.48. The van der Waals surface area contributed by atoms with Gasteiger partial charge in [-0.25, -0.2) is 4.90 Å². The largest absolute Gasteiger partial charge is 0.463 e. The number of furan rings is 1. The van der Waals surface area contributed by atoms with Gasteiger partial charge in [0.1, 0.15) is 29.6 Å². The van der Waals surface area contributed by atoms with Gasteiger partial charge in [0.15, 0.2) is 0 Å². The van der Waals surface area contributed by atoms with Gasteiger partial charge in [-0.3, -0.25) is 28.8 Å². The molecule has 6 unspecified atom stereocenters. The second kappa shape index (κ2) is 13.4. The Labute approximate surface area is 342 Å². The van der Waals surface area contributed by atoms with Crippen LogP contribution in [0.3, 0.4) is 0 Å². The molecule has 13 heteroatoms. The van der Waals surface area contributed by atoms with Crippen LogP contribution in [-0.2, 0) is 32.8 Å². The lowest BCUT2D eigenvalue weighted by atomic mass is 9.52. The second-order valence-electron chi connectivity index (χ2n) is 15.9. The Morgan fingerprint density at radius 3 is 2.41 bits per heavy atom. The number of aromatic nitrogens is 2. The zero-order valence-electron chi connectivity index (χ0n) is 31.8. The zero-order valence-corrected chi connectivity index (χ0v) is 33.4. The molecule has 2 saturated heterocycles. The molecule has 4 amide bonds. The van der Waals surface area contributed by atoms with Crippen LogP contribution in [0, 0.1) is 36.0 Å². The Morgan fingerprint density at radius 2 is 1.67 bits per heavy atom. The van der Waals surface area contributed by atoms with Crippen LogP contribution < -0.4 is 15.1 Å². The van der Waals surface area contributed by atoms with Gasteiger partial charge >= 0.3 is 0 Å². The molecule has 3 aromatic carbocycles. The number of hydrogen-bond donors (Lipinski definition) is 2. The van der Waals surface area contributed by atoms with Crippen LogP contribution in [0.4, 0.5) is 22.9 Å².